The topological polar surface area (TPSA) is 23.6 Å². The summed E-state index contributed by atoms with van der Waals surface area (Å²) >= 11 is 3.36. The van der Waals surface area contributed by atoms with Crippen LogP contribution in [0.5, 0.6) is 0 Å². The molecular weight excluding hydrogens is 256 g/mol. The molecule has 1 aliphatic heterocycles. The van der Waals surface area contributed by atoms with Crippen molar-refractivity contribution in [2.45, 2.75) is 6.54 Å². The average Bonchev–Trinajstić information content (AvgIpc) is 2.26. The molecule has 0 aliphatic carbocycles. The summed E-state index contributed by atoms with van der Waals surface area (Å²) in [5.41, 5.74) is 2.23. The van der Waals surface area contributed by atoms with Crippen molar-refractivity contribution in [3.05, 3.63) is 29.8 Å². The average molecular weight is 269 g/mol. The minimum absolute atomic E-state index is 0.0770. The van der Waals surface area contributed by atoms with Gasteiger partial charge in [-0.1, -0.05) is 34.1 Å². The van der Waals surface area contributed by atoms with Crippen LogP contribution in [0.1, 0.15) is 5.56 Å². The van der Waals surface area contributed by atoms with Crippen LogP contribution in [0, 0.1) is 0 Å². The standard InChI is InChI=1S/C11H13BrN2O/c1-13-10-5-3-2-4-9(10)8-14(7-6-12)11(13)15/h2-5H,6-8H2,1H3. The maximum absolute atomic E-state index is 11.9. The molecule has 2 amide bonds. The predicted octanol–water partition coefficient (Wildman–Crippen LogP) is 2.45. The smallest absolute Gasteiger partial charge is 0.319 e. The van der Waals surface area contributed by atoms with E-state index >= 15 is 0 Å². The number of amides is 2. The lowest BCUT2D eigenvalue weighted by Crippen LogP contribution is -2.45. The molecule has 0 spiro atoms. The van der Waals surface area contributed by atoms with Crippen molar-refractivity contribution in [3.8, 4) is 0 Å². The lowest BCUT2D eigenvalue weighted by Gasteiger charge is -2.34. The van der Waals surface area contributed by atoms with Crippen LogP contribution in [0.15, 0.2) is 24.3 Å². The molecule has 15 heavy (non-hydrogen) atoms. The van der Waals surface area contributed by atoms with Gasteiger partial charge in [0.05, 0.1) is 5.69 Å². The number of carbonyl (C=O) groups excluding carboxylic acids is 1. The molecular formula is C11H13BrN2O. The van der Waals surface area contributed by atoms with Crippen LogP contribution in [-0.2, 0) is 6.54 Å². The van der Waals surface area contributed by atoms with Gasteiger partial charge in [0.1, 0.15) is 0 Å². The highest BCUT2D eigenvalue weighted by Gasteiger charge is 2.26. The Morgan fingerprint density at radius 2 is 2.13 bits per heavy atom. The van der Waals surface area contributed by atoms with Crippen molar-refractivity contribution in [1.82, 2.24) is 4.90 Å². The first-order valence-electron chi connectivity index (χ1n) is 4.90. The van der Waals surface area contributed by atoms with Crippen molar-refractivity contribution in [1.29, 1.82) is 0 Å². The number of halogens is 1. The van der Waals surface area contributed by atoms with E-state index in [1.54, 1.807) is 4.90 Å². The van der Waals surface area contributed by atoms with Gasteiger partial charge in [0.15, 0.2) is 0 Å². The molecule has 1 aliphatic rings. The van der Waals surface area contributed by atoms with Gasteiger partial charge in [0, 0.05) is 25.5 Å². The van der Waals surface area contributed by atoms with Gasteiger partial charge in [0.25, 0.3) is 0 Å². The van der Waals surface area contributed by atoms with Crippen LogP contribution in [0.2, 0.25) is 0 Å². The molecule has 0 aromatic heterocycles. The molecule has 0 radical (unpaired) electrons. The summed E-state index contributed by atoms with van der Waals surface area (Å²) in [4.78, 5) is 15.5. The summed E-state index contributed by atoms with van der Waals surface area (Å²) in [5.74, 6) is 0. The molecule has 1 aromatic carbocycles. The number of nitrogens with zero attached hydrogens (tertiary/aromatic N) is 2. The summed E-state index contributed by atoms with van der Waals surface area (Å²) in [5, 5.41) is 0.814. The second kappa shape index (κ2) is 4.23. The van der Waals surface area contributed by atoms with Gasteiger partial charge >= 0.3 is 6.03 Å². The Labute approximate surface area is 97.8 Å². The van der Waals surface area contributed by atoms with E-state index in [0.717, 1.165) is 17.6 Å². The van der Waals surface area contributed by atoms with E-state index in [0.29, 0.717) is 6.54 Å². The van der Waals surface area contributed by atoms with Crippen LogP contribution in [-0.4, -0.2) is 29.9 Å². The normalized spacial score (nSPS) is 15.5. The molecule has 3 nitrogen and oxygen atoms in total. The summed E-state index contributed by atoms with van der Waals surface area (Å²) in [6.07, 6.45) is 0. The number of carbonyl (C=O) groups is 1. The number of fused-ring (bicyclic) bond motifs is 1. The second-order valence-corrected chi connectivity index (χ2v) is 4.37. The second-order valence-electron chi connectivity index (χ2n) is 3.58. The SMILES string of the molecule is CN1C(=O)N(CCBr)Cc2ccccc21. The molecule has 2 rings (SSSR count). The third-order valence-electron chi connectivity index (χ3n) is 2.63. The molecule has 0 saturated heterocycles. The zero-order valence-corrected chi connectivity index (χ0v) is 10.2. The fraction of sp³-hybridized carbons (Fsp3) is 0.364. The lowest BCUT2D eigenvalue weighted by molar-refractivity contribution is 0.203. The Kier molecular flexibility index (Phi) is 2.95. The van der Waals surface area contributed by atoms with E-state index < -0.39 is 0 Å². The highest BCUT2D eigenvalue weighted by atomic mass is 79.9. The van der Waals surface area contributed by atoms with E-state index in [4.69, 9.17) is 0 Å². The monoisotopic (exact) mass is 268 g/mol. The van der Waals surface area contributed by atoms with Gasteiger partial charge < -0.3 is 4.90 Å². The summed E-state index contributed by atoms with van der Waals surface area (Å²) in [7, 11) is 1.82. The highest BCUT2D eigenvalue weighted by molar-refractivity contribution is 9.09. The first-order valence-corrected chi connectivity index (χ1v) is 6.02. The van der Waals surface area contributed by atoms with Gasteiger partial charge in [-0.05, 0) is 11.6 Å². The Hall–Kier alpha value is -1.03. The first-order chi connectivity index (χ1) is 7.24. The van der Waals surface area contributed by atoms with Crippen LogP contribution in [0.25, 0.3) is 0 Å². The molecule has 80 valence electrons. The van der Waals surface area contributed by atoms with E-state index in [1.165, 1.54) is 5.56 Å². The maximum atomic E-state index is 11.9. The fourth-order valence-corrected chi connectivity index (χ4v) is 2.26. The van der Waals surface area contributed by atoms with Crippen molar-refractivity contribution in [3.63, 3.8) is 0 Å². The molecule has 0 saturated carbocycles. The zero-order chi connectivity index (χ0) is 10.8. The van der Waals surface area contributed by atoms with Crippen LogP contribution < -0.4 is 4.90 Å². The minimum atomic E-state index is 0.0770. The number of anilines is 1. The van der Waals surface area contributed by atoms with E-state index in [1.807, 2.05) is 30.1 Å². The number of hydrogen-bond donors (Lipinski definition) is 0. The molecule has 4 heteroatoms. The molecule has 1 heterocycles. The number of alkyl halides is 1. The van der Waals surface area contributed by atoms with Crippen molar-refractivity contribution in [2.24, 2.45) is 0 Å². The van der Waals surface area contributed by atoms with Gasteiger partial charge in [-0.25, -0.2) is 4.79 Å². The highest BCUT2D eigenvalue weighted by Crippen LogP contribution is 2.26. The Bertz CT molecular complexity index is 381. The number of benzene rings is 1. The number of para-hydroxylation sites is 1. The number of rotatable bonds is 2. The molecule has 0 unspecified atom stereocenters. The Morgan fingerprint density at radius 1 is 1.40 bits per heavy atom. The molecule has 1 aromatic rings. The predicted molar refractivity (Wildman–Crippen MR) is 64.4 cm³/mol. The van der Waals surface area contributed by atoms with Gasteiger partial charge in [-0.15, -0.1) is 0 Å². The molecule has 0 bridgehead atoms. The van der Waals surface area contributed by atoms with Gasteiger partial charge in [-0.3, -0.25) is 4.90 Å². The van der Waals surface area contributed by atoms with E-state index in [2.05, 4.69) is 22.0 Å². The molecule has 0 atom stereocenters. The van der Waals surface area contributed by atoms with E-state index in [-0.39, 0.29) is 6.03 Å². The quantitative estimate of drug-likeness (QED) is 0.756. The van der Waals surface area contributed by atoms with Gasteiger partial charge in [-0.2, -0.15) is 0 Å². The third-order valence-corrected chi connectivity index (χ3v) is 2.98. The Morgan fingerprint density at radius 3 is 2.87 bits per heavy atom. The third kappa shape index (κ3) is 1.86. The Balaban J connectivity index is 2.32. The largest absolute Gasteiger partial charge is 0.324 e. The number of urea groups is 1. The first kappa shape index (κ1) is 10.5. The van der Waals surface area contributed by atoms with Crippen LogP contribution >= 0.6 is 15.9 Å². The van der Waals surface area contributed by atoms with Crippen molar-refractivity contribution >= 4 is 27.6 Å². The van der Waals surface area contributed by atoms with Crippen LogP contribution in [0.4, 0.5) is 10.5 Å². The lowest BCUT2D eigenvalue weighted by atomic mass is 10.1. The fourth-order valence-electron chi connectivity index (χ4n) is 1.84. The zero-order valence-electron chi connectivity index (χ0n) is 8.61. The maximum Gasteiger partial charge on any atom is 0.324 e. The van der Waals surface area contributed by atoms with Gasteiger partial charge in [0.2, 0.25) is 0 Å². The van der Waals surface area contributed by atoms with E-state index in [9.17, 15) is 4.79 Å². The van der Waals surface area contributed by atoms with Crippen molar-refractivity contribution in [2.75, 3.05) is 23.8 Å². The summed E-state index contributed by atoms with van der Waals surface area (Å²) in [6.45, 7) is 1.46. The number of hydrogen-bond acceptors (Lipinski definition) is 1. The summed E-state index contributed by atoms with van der Waals surface area (Å²) < 4.78 is 0. The van der Waals surface area contributed by atoms with Crippen LogP contribution in [0.3, 0.4) is 0 Å². The van der Waals surface area contributed by atoms with Crippen molar-refractivity contribution < 1.29 is 4.79 Å². The minimum Gasteiger partial charge on any atom is -0.319 e. The molecule has 0 N–H and O–H groups in total. The molecule has 0 fully saturated rings. The summed E-state index contributed by atoms with van der Waals surface area (Å²) in [6, 6.07) is 8.10.